The van der Waals surface area contributed by atoms with E-state index in [-0.39, 0.29) is 0 Å². The van der Waals surface area contributed by atoms with Gasteiger partial charge in [0.2, 0.25) is 0 Å². The van der Waals surface area contributed by atoms with Crippen LogP contribution in [0.25, 0.3) is 0 Å². The molecule has 3 aliphatic rings. The number of nitrogens with zero attached hydrogens (tertiary/aromatic N) is 1. The third-order valence-electron chi connectivity index (χ3n) is 5.35. The molecule has 3 fully saturated rings. The summed E-state index contributed by atoms with van der Waals surface area (Å²) in [6.45, 7) is 4.02. The Kier molecular flexibility index (Phi) is 5.48. The highest BCUT2D eigenvalue weighted by Gasteiger charge is 2.27. The molecule has 1 N–H and O–H groups in total. The molecule has 0 spiro atoms. The Bertz CT molecular complexity index is 251. The van der Waals surface area contributed by atoms with Crippen LogP contribution in [0.3, 0.4) is 0 Å². The minimum Gasteiger partial charge on any atom is -0.313 e. The molecule has 0 radical (unpaired) electrons. The number of thioether (sulfide) groups is 1. The summed E-state index contributed by atoms with van der Waals surface area (Å²) in [5.74, 6) is 3.68. The van der Waals surface area contributed by atoms with Gasteiger partial charge in [-0.1, -0.05) is 12.8 Å². The predicted octanol–water partition coefficient (Wildman–Crippen LogP) is 3.13. The minimum absolute atomic E-state index is 0.812. The fourth-order valence-corrected chi connectivity index (χ4v) is 5.13. The van der Waals surface area contributed by atoms with Crippen molar-refractivity contribution >= 4 is 11.8 Å². The summed E-state index contributed by atoms with van der Waals surface area (Å²) in [5, 5.41) is 3.84. The van der Waals surface area contributed by atoms with Gasteiger partial charge in [0.15, 0.2) is 0 Å². The van der Waals surface area contributed by atoms with Crippen molar-refractivity contribution in [3.8, 4) is 0 Å². The molecule has 1 atom stereocenters. The van der Waals surface area contributed by atoms with Gasteiger partial charge in [-0.15, -0.1) is 0 Å². The second kappa shape index (κ2) is 7.33. The molecule has 19 heavy (non-hydrogen) atoms. The lowest BCUT2D eigenvalue weighted by Crippen LogP contribution is -2.44. The Hall–Kier alpha value is 0.270. The van der Waals surface area contributed by atoms with Gasteiger partial charge in [-0.25, -0.2) is 0 Å². The molecule has 3 rings (SSSR count). The first kappa shape index (κ1) is 14.2. The van der Waals surface area contributed by atoms with Gasteiger partial charge in [0.25, 0.3) is 0 Å². The minimum atomic E-state index is 0.812. The van der Waals surface area contributed by atoms with E-state index in [4.69, 9.17) is 0 Å². The van der Waals surface area contributed by atoms with E-state index in [1.54, 1.807) is 0 Å². The summed E-state index contributed by atoms with van der Waals surface area (Å²) < 4.78 is 0. The van der Waals surface area contributed by atoms with Gasteiger partial charge < -0.3 is 10.2 Å². The molecule has 2 aliphatic heterocycles. The maximum atomic E-state index is 3.84. The summed E-state index contributed by atoms with van der Waals surface area (Å²) in [6, 6.07) is 1.76. The molecule has 3 heteroatoms. The molecule has 0 amide bonds. The summed E-state index contributed by atoms with van der Waals surface area (Å²) in [6.07, 6.45) is 11.6. The van der Waals surface area contributed by atoms with Crippen molar-refractivity contribution in [1.29, 1.82) is 0 Å². The van der Waals surface area contributed by atoms with Gasteiger partial charge in [-0.05, 0) is 69.8 Å². The van der Waals surface area contributed by atoms with E-state index in [2.05, 4.69) is 22.0 Å². The molecule has 1 aliphatic carbocycles. The number of hydrogen-bond donors (Lipinski definition) is 1. The summed E-state index contributed by atoms with van der Waals surface area (Å²) in [5.41, 5.74) is 0. The maximum absolute atomic E-state index is 3.84. The van der Waals surface area contributed by atoms with Crippen LogP contribution in [-0.4, -0.2) is 48.1 Å². The zero-order valence-corrected chi connectivity index (χ0v) is 13.1. The topological polar surface area (TPSA) is 15.3 Å². The first-order valence-corrected chi connectivity index (χ1v) is 9.62. The molecular formula is C16H30N2S. The number of nitrogens with one attached hydrogen (secondary N) is 1. The maximum Gasteiger partial charge on any atom is 0.0158 e. The van der Waals surface area contributed by atoms with Gasteiger partial charge in [0, 0.05) is 17.8 Å². The molecule has 1 saturated carbocycles. The van der Waals surface area contributed by atoms with Crippen molar-refractivity contribution < 1.29 is 0 Å². The average molecular weight is 282 g/mol. The smallest absolute Gasteiger partial charge is 0.0158 e. The molecule has 0 bridgehead atoms. The highest BCUT2D eigenvalue weighted by molar-refractivity contribution is 7.99. The molecular weight excluding hydrogens is 252 g/mol. The third kappa shape index (κ3) is 4.12. The van der Waals surface area contributed by atoms with Gasteiger partial charge in [-0.3, -0.25) is 0 Å². The van der Waals surface area contributed by atoms with E-state index in [0.29, 0.717) is 0 Å². The average Bonchev–Trinajstić information content (AvgIpc) is 3.01. The lowest BCUT2D eigenvalue weighted by molar-refractivity contribution is 0.132. The van der Waals surface area contributed by atoms with Crippen LogP contribution >= 0.6 is 11.8 Å². The van der Waals surface area contributed by atoms with Crippen LogP contribution in [-0.2, 0) is 0 Å². The predicted molar refractivity (Wildman–Crippen MR) is 84.9 cm³/mol. The van der Waals surface area contributed by atoms with Crippen LogP contribution in [0.15, 0.2) is 0 Å². The number of likely N-dealkylation sites (tertiary alicyclic amines) is 1. The van der Waals surface area contributed by atoms with Crippen molar-refractivity contribution in [2.45, 2.75) is 63.5 Å². The monoisotopic (exact) mass is 282 g/mol. The van der Waals surface area contributed by atoms with E-state index in [9.17, 15) is 0 Å². The Morgan fingerprint density at radius 1 is 0.947 bits per heavy atom. The number of hydrogen-bond acceptors (Lipinski definition) is 3. The van der Waals surface area contributed by atoms with Crippen LogP contribution in [0, 0.1) is 5.92 Å². The van der Waals surface area contributed by atoms with Crippen LogP contribution in [0.1, 0.15) is 51.4 Å². The first-order valence-electron chi connectivity index (χ1n) is 8.47. The molecule has 2 saturated heterocycles. The van der Waals surface area contributed by atoms with Crippen molar-refractivity contribution in [2.24, 2.45) is 5.92 Å². The SMILES string of the molecule is C1CSCC(NCC2CCN(C3CCCC3)CC2)C1. The Labute approximate surface area is 123 Å². The lowest BCUT2D eigenvalue weighted by atomic mass is 9.95. The van der Waals surface area contributed by atoms with Crippen LogP contribution in [0.5, 0.6) is 0 Å². The second-order valence-electron chi connectivity index (χ2n) is 6.74. The summed E-state index contributed by atoms with van der Waals surface area (Å²) in [7, 11) is 0. The van der Waals surface area contributed by atoms with Crippen molar-refractivity contribution in [3.63, 3.8) is 0 Å². The Morgan fingerprint density at radius 3 is 2.42 bits per heavy atom. The molecule has 0 aromatic rings. The molecule has 0 aromatic heterocycles. The highest BCUT2D eigenvalue weighted by Crippen LogP contribution is 2.27. The number of piperidine rings is 1. The first-order chi connectivity index (χ1) is 9.42. The lowest BCUT2D eigenvalue weighted by Gasteiger charge is -2.36. The van der Waals surface area contributed by atoms with Gasteiger partial charge >= 0.3 is 0 Å². The summed E-state index contributed by atoms with van der Waals surface area (Å²) in [4.78, 5) is 2.79. The van der Waals surface area contributed by atoms with Crippen molar-refractivity contribution in [2.75, 3.05) is 31.1 Å². The molecule has 110 valence electrons. The zero-order chi connectivity index (χ0) is 12.9. The zero-order valence-electron chi connectivity index (χ0n) is 12.3. The second-order valence-corrected chi connectivity index (χ2v) is 7.89. The normalized spacial score (nSPS) is 31.9. The fraction of sp³-hybridized carbons (Fsp3) is 1.00. The largest absolute Gasteiger partial charge is 0.313 e. The van der Waals surface area contributed by atoms with Gasteiger partial charge in [-0.2, -0.15) is 11.8 Å². The van der Waals surface area contributed by atoms with E-state index in [0.717, 1.165) is 18.0 Å². The van der Waals surface area contributed by atoms with Gasteiger partial charge in [0.05, 0.1) is 0 Å². The summed E-state index contributed by atoms with van der Waals surface area (Å²) >= 11 is 2.14. The quantitative estimate of drug-likeness (QED) is 0.853. The molecule has 0 aromatic carbocycles. The fourth-order valence-electron chi connectivity index (χ4n) is 4.03. The van der Waals surface area contributed by atoms with Crippen molar-refractivity contribution in [3.05, 3.63) is 0 Å². The Morgan fingerprint density at radius 2 is 1.74 bits per heavy atom. The number of rotatable bonds is 4. The standard InChI is InChI=1S/C16H30N2S/c1-2-6-16(5-1)18-9-7-14(8-10-18)12-17-15-4-3-11-19-13-15/h14-17H,1-13H2. The van der Waals surface area contributed by atoms with E-state index >= 15 is 0 Å². The molecule has 2 heterocycles. The van der Waals surface area contributed by atoms with E-state index in [1.165, 1.54) is 82.5 Å². The van der Waals surface area contributed by atoms with E-state index < -0.39 is 0 Å². The third-order valence-corrected chi connectivity index (χ3v) is 6.56. The van der Waals surface area contributed by atoms with Crippen LogP contribution in [0.2, 0.25) is 0 Å². The van der Waals surface area contributed by atoms with Crippen LogP contribution < -0.4 is 5.32 Å². The molecule has 1 unspecified atom stereocenters. The highest BCUT2D eigenvalue weighted by atomic mass is 32.2. The Balaban J connectivity index is 1.33. The van der Waals surface area contributed by atoms with Crippen molar-refractivity contribution in [1.82, 2.24) is 10.2 Å². The van der Waals surface area contributed by atoms with Gasteiger partial charge in [0.1, 0.15) is 0 Å². The van der Waals surface area contributed by atoms with E-state index in [1.807, 2.05) is 0 Å². The van der Waals surface area contributed by atoms with Crippen LogP contribution in [0.4, 0.5) is 0 Å². The molecule has 2 nitrogen and oxygen atoms in total.